The van der Waals surface area contributed by atoms with Crippen molar-refractivity contribution < 1.29 is 0 Å². The zero-order valence-electron chi connectivity index (χ0n) is 7.83. The number of aryl methyl sites for hydroxylation is 1. The maximum absolute atomic E-state index is 4.20. The van der Waals surface area contributed by atoms with Crippen LogP contribution in [0.4, 0.5) is 0 Å². The summed E-state index contributed by atoms with van der Waals surface area (Å²) in [5.41, 5.74) is 2.81. The predicted molar refractivity (Wildman–Crippen MR) is 58.3 cm³/mol. The zero-order valence-corrected chi connectivity index (χ0v) is 9.42. The highest BCUT2D eigenvalue weighted by molar-refractivity contribution is 9.09. The SMILES string of the molecule is Cc1ccncc1C1CCCC1Br. The first-order valence-corrected chi connectivity index (χ1v) is 5.75. The zero-order chi connectivity index (χ0) is 9.26. The molecule has 1 nitrogen and oxygen atoms in total. The molecule has 2 unspecified atom stereocenters. The number of alkyl halides is 1. The minimum atomic E-state index is 0.662. The van der Waals surface area contributed by atoms with E-state index in [-0.39, 0.29) is 0 Å². The smallest absolute Gasteiger partial charge is 0.0305 e. The molecule has 70 valence electrons. The van der Waals surface area contributed by atoms with Crippen LogP contribution in [0.1, 0.15) is 36.3 Å². The number of aromatic nitrogens is 1. The van der Waals surface area contributed by atoms with Crippen LogP contribution in [-0.4, -0.2) is 9.81 Å². The molecule has 2 heteroatoms. The molecule has 0 radical (unpaired) electrons. The van der Waals surface area contributed by atoms with Gasteiger partial charge in [0.25, 0.3) is 0 Å². The molecule has 1 fully saturated rings. The molecule has 13 heavy (non-hydrogen) atoms. The lowest BCUT2D eigenvalue weighted by molar-refractivity contribution is 0.732. The Bertz CT molecular complexity index is 298. The summed E-state index contributed by atoms with van der Waals surface area (Å²) in [6.45, 7) is 2.18. The summed E-state index contributed by atoms with van der Waals surface area (Å²) in [4.78, 5) is 4.87. The Hall–Kier alpha value is -0.370. The number of nitrogens with zero attached hydrogens (tertiary/aromatic N) is 1. The molecule has 1 heterocycles. The summed E-state index contributed by atoms with van der Waals surface area (Å²) in [5, 5.41) is 0. The van der Waals surface area contributed by atoms with Crippen LogP contribution >= 0.6 is 15.9 Å². The lowest BCUT2D eigenvalue weighted by Gasteiger charge is -2.15. The first-order valence-electron chi connectivity index (χ1n) is 4.83. The maximum Gasteiger partial charge on any atom is 0.0305 e. The molecular formula is C11H14BrN. The van der Waals surface area contributed by atoms with Crippen molar-refractivity contribution in [2.24, 2.45) is 0 Å². The molecule has 1 aliphatic rings. The van der Waals surface area contributed by atoms with Gasteiger partial charge in [-0.2, -0.15) is 0 Å². The van der Waals surface area contributed by atoms with Gasteiger partial charge in [-0.15, -0.1) is 0 Å². The average Bonchev–Trinajstić information content (AvgIpc) is 2.52. The van der Waals surface area contributed by atoms with Crippen molar-refractivity contribution in [2.45, 2.75) is 36.9 Å². The van der Waals surface area contributed by atoms with Crippen LogP contribution in [0.5, 0.6) is 0 Å². The second kappa shape index (κ2) is 3.79. The van der Waals surface area contributed by atoms with Gasteiger partial charge in [-0.1, -0.05) is 22.4 Å². The number of hydrogen-bond donors (Lipinski definition) is 0. The van der Waals surface area contributed by atoms with E-state index in [2.05, 4.69) is 33.9 Å². The molecule has 2 atom stereocenters. The Morgan fingerprint density at radius 3 is 2.92 bits per heavy atom. The van der Waals surface area contributed by atoms with Crippen molar-refractivity contribution >= 4 is 15.9 Å². The van der Waals surface area contributed by atoms with E-state index >= 15 is 0 Å². The molecule has 0 bridgehead atoms. The van der Waals surface area contributed by atoms with Gasteiger partial charge in [0.2, 0.25) is 0 Å². The summed E-state index contributed by atoms with van der Waals surface area (Å²) in [7, 11) is 0. The van der Waals surface area contributed by atoms with Crippen LogP contribution in [0, 0.1) is 6.92 Å². The second-order valence-electron chi connectivity index (χ2n) is 3.79. The Morgan fingerprint density at radius 1 is 1.46 bits per heavy atom. The van der Waals surface area contributed by atoms with E-state index in [1.807, 2.05) is 12.4 Å². The van der Waals surface area contributed by atoms with Gasteiger partial charge in [0.15, 0.2) is 0 Å². The molecule has 0 saturated heterocycles. The Labute approximate surface area is 87.7 Å². The van der Waals surface area contributed by atoms with Gasteiger partial charge in [0.1, 0.15) is 0 Å². The highest BCUT2D eigenvalue weighted by Gasteiger charge is 2.27. The fourth-order valence-corrected chi connectivity index (χ4v) is 3.00. The summed E-state index contributed by atoms with van der Waals surface area (Å²) in [6, 6.07) is 2.10. The van der Waals surface area contributed by atoms with Crippen molar-refractivity contribution in [1.82, 2.24) is 4.98 Å². The molecular weight excluding hydrogens is 226 g/mol. The third-order valence-corrected chi connectivity index (χ3v) is 4.01. The Balaban J connectivity index is 2.29. The fourth-order valence-electron chi connectivity index (χ4n) is 2.13. The van der Waals surface area contributed by atoms with E-state index in [1.165, 1.54) is 30.4 Å². The first kappa shape index (κ1) is 9.20. The van der Waals surface area contributed by atoms with Gasteiger partial charge < -0.3 is 0 Å². The summed E-state index contributed by atoms with van der Waals surface area (Å²) in [6.07, 6.45) is 7.85. The highest BCUT2D eigenvalue weighted by atomic mass is 79.9. The number of rotatable bonds is 1. The molecule has 0 aromatic carbocycles. The first-order chi connectivity index (χ1) is 6.29. The molecule has 0 spiro atoms. The standard InChI is InChI=1S/C11H14BrN/c1-8-5-6-13-7-10(8)9-3-2-4-11(9)12/h5-7,9,11H,2-4H2,1H3. The van der Waals surface area contributed by atoms with E-state index in [0.717, 1.165) is 0 Å². The van der Waals surface area contributed by atoms with Crippen molar-refractivity contribution in [2.75, 3.05) is 0 Å². The second-order valence-corrected chi connectivity index (χ2v) is 4.96. The van der Waals surface area contributed by atoms with Gasteiger partial charge in [-0.25, -0.2) is 0 Å². The van der Waals surface area contributed by atoms with E-state index in [0.29, 0.717) is 10.7 Å². The lowest BCUT2D eigenvalue weighted by Crippen LogP contribution is -2.06. The van der Waals surface area contributed by atoms with Crippen LogP contribution < -0.4 is 0 Å². The summed E-state index contributed by atoms with van der Waals surface area (Å²) < 4.78 is 0. The average molecular weight is 240 g/mol. The van der Waals surface area contributed by atoms with Crippen LogP contribution in [0.15, 0.2) is 18.5 Å². The molecule has 2 rings (SSSR count). The predicted octanol–water partition coefficient (Wildman–Crippen LogP) is 3.42. The molecule has 1 aromatic heterocycles. The van der Waals surface area contributed by atoms with Gasteiger partial charge in [-0.3, -0.25) is 4.98 Å². The monoisotopic (exact) mass is 239 g/mol. The number of pyridine rings is 1. The third-order valence-electron chi connectivity index (χ3n) is 2.91. The minimum Gasteiger partial charge on any atom is -0.264 e. The normalized spacial score (nSPS) is 27.8. The van der Waals surface area contributed by atoms with Crippen molar-refractivity contribution in [3.8, 4) is 0 Å². The highest BCUT2D eigenvalue weighted by Crippen LogP contribution is 2.39. The topological polar surface area (TPSA) is 12.9 Å². The molecule has 1 aromatic rings. The van der Waals surface area contributed by atoms with E-state index in [4.69, 9.17) is 0 Å². The minimum absolute atomic E-state index is 0.662. The van der Waals surface area contributed by atoms with Crippen molar-refractivity contribution in [3.05, 3.63) is 29.6 Å². The largest absolute Gasteiger partial charge is 0.264 e. The number of halogens is 1. The van der Waals surface area contributed by atoms with Crippen LogP contribution in [0.2, 0.25) is 0 Å². The van der Waals surface area contributed by atoms with Gasteiger partial charge in [-0.05, 0) is 42.9 Å². The molecule has 0 amide bonds. The van der Waals surface area contributed by atoms with Crippen LogP contribution in [0.3, 0.4) is 0 Å². The molecule has 0 N–H and O–H groups in total. The van der Waals surface area contributed by atoms with E-state index in [1.54, 1.807) is 0 Å². The van der Waals surface area contributed by atoms with Gasteiger partial charge in [0, 0.05) is 17.2 Å². The Kier molecular flexibility index (Phi) is 2.68. The molecule has 0 aliphatic heterocycles. The van der Waals surface area contributed by atoms with Crippen molar-refractivity contribution in [1.29, 1.82) is 0 Å². The Morgan fingerprint density at radius 2 is 2.31 bits per heavy atom. The van der Waals surface area contributed by atoms with E-state index < -0.39 is 0 Å². The van der Waals surface area contributed by atoms with Gasteiger partial charge in [0.05, 0.1) is 0 Å². The summed E-state index contributed by atoms with van der Waals surface area (Å²) in [5.74, 6) is 0.689. The van der Waals surface area contributed by atoms with Crippen LogP contribution in [0.25, 0.3) is 0 Å². The maximum atomic E-state index is 4.20. The quantitative estimate of drug-likeness (QED) is 0.685. The fraction of sp³-hybridized carbons (Fsp3) is 0.545. The lowest BCUT2D eigenvalue weighted by atomic mass is 9.96. The van der Waals surface area contributed by atoms with Crippen molar-refractivity contribution in [3.63, 3.8) is 0 Å². The molecule has 1 saturated carbocycles. The molecule has 1 aliphatic carbocycles. The van der Waals surface area contributed by atoms with Crippen LogP contribution in [-0.2, 0) is 0 Å². The van der Waals surface area contributed by atoms with E-state index in [9.17, 15) is 0 Å². The number of hydrogen-bond acceptors (Lipinski definition) is 1. The summed E-state index contributed by atoms with van der Waals surface area (Å²) >= 11 is 3.75. The third kappa shape index (κ3) is 1.78. The van der Waals surface area contributed by atoms with Gasteiger partial charge >= 0.3 is 0 Å².